The molecule has 2 aromatic rings. The number of nitrogens with zero attached hydrogens (tertiary/aromatic N) is 1. The van der Waals surface area contributed by atoms with Gasteiger partial charge in [-0.2, -0.15) is 18.2 Å². The van der Waals surface area contributed by atoms with Crippen molar-refractivity contribution in [2.45, 2.75) is 27.8 Å². The number of amides is 1. The standard InChI is InChI=1S/C17H16F3N3O5S2/c1-9-7-14(13(29(2,25)26)8-12(9)15(24)23-16(21)22)30(27,28)11-5-3-10(4-6-11)17(18,19)20/h3-8H,1-2H3,(H4,21,22,23,24). The van der Waals surface area contributed by atoms with Crippen LogP contribution in [0.25, 0.3) is 0 Å². The van der Waals surface area contributed by atoms with Gasteiger partial charge in [-0.05, 0) is 48.9 Å². The van der Waals surface area contributed by atoms with Gasteiger partial charge in [0.05, 0.1) is 20.2 Å². The molecule has 0 radical (unpaired) electrons. The number of carbonyl (C=O) groups is 1. The summed E-state index contributed by atoms with van der Waals surface area (Å²) in [6, 6.07) is 4.32. The van der Waals surface area contributed by atoms with E-state index >= 15 is 0 Å². The molecular formula is C17H16F3N3O5S2. The van der Waals surface area contributed by atoms with Gasteiger partial charge in [-0.1, -0.05) is 0 Å². The molecule has 0 bridgehead atoms. The Balaban J connectivity index is 2.75. The Hall–Kier alpha value is -2.93. The molecule has 0 aliphatic rings. The topological polar surface area (TPSA) is 150 Å². The molecule has 2 rings (SSSR count). The minimum Gasteiger partial charge on any atom is -0.370 e. The summed E-state index contributed by atoms with van der Waals surface area (Å²) in [5.41, 5.74) is 8.99. The second kappa shape index (κ2) is 7.72. The van der Waals surface area contributed by atoms with Crippen LogP contribution in [0.3, 0.4) is 0 Å². The number of aryl methyl sites for hydroxylation is 1. The first-order valence-corrected chi connectivity index (χ1v) is 11.3. The number of hydrogen-bond acceptors (Lipinski definition) is 5. The second-order valence-corrected chi connectivity index (χ2v) is 10.2. The van der Waals surface area contributed by atoms with Crippen LogP contribution in [-0.4, -0.2) is 35.0 Å². The van der Waals surface area contributed by atoms with Crippen molar-refractivity contribution in [1.29, 1.82) is 0 Å². The van der Waals surface area contributed by atoms with Crippen molar-refractivity contribution in [3.63, 3.8) is 0 Å². The maximum absolute atomic E-state index is 13.0. The summed E-state index contributed by atoms with van der Waals surface area (Å²) in [7, 11) is -8.73. The van der Waals surface area contributed by atoms with Crippen LogP contribution in [0.2, 0.25) is 0 Å². The molecule has 0 aromatic heterocycles. The van der Waals surface area contributed by atoms with Gasteiger partial charge in [0.15, 0.2) is 15.8 Å². The number of carbonyl (C=O) groups excluding carboxylic acids is 1. The van der Waals surface area contributed by atoms with E-state index in [1.54, 1.807) is 0 Å². The van der Waals surface area contributed by atoms with Crippen LogP contribution in [0.4, 0.5) is 13.2 Å². The Kier molecular flexibility index (Phi) is 6.01. The molecule has 0 aliphatic heterocycles. The molecule has 8 nitrogen and oxygen atoms in total. The smallest absolute Gasteiger partial charge is 0.370 e. The van der Waals surface area contributed by atoms with Gasteiger partial charge < -0.3 is 11.5 Å². The highest BCUT2D eigenvalue weighted by Crippen LogP contribution is 2.33. The zero-order valence-electron chi connectivity index (χ0n) is 15.6. The molecule has 1 amide bonds. The third-order valence-electron chi connectivity index (χ3n) is 3.93. The molecule has 2 aromatic carbocycles. The molecule has 0 spiro atoms. The van der Waals surface area contributed by atoms with E-state index < -0.39 is 58.0 Å². The zero-order chi connectivity index (χ0) is 23.1. The lowest BCUT2D eigenvalue weighted by Gasteiger charge is -2.14. The normalized spacial score (nSPS) is 12.4. The highest BCUT2D eigenvalue weighted by atomic mass is 32.2. The maximum Gasteiger partial charge on any atom is 0.416 e. The van der Waals surface area contributed by atoms with Crippen molar-refractivity contribution in [2.75, 3.05) is 6.26 Å². The molecule has 0 saturated carbocycles. The maximum atomic E-state index is 13.0. The van der Waals surface area contributed by atoms with Crippen molar-refractivity contribution in [2.24, 2.45) is 16.5 Å². The van der Waals surface area contributed by atoms with E-state index in [4.69, 9.17) is 11.5 Å². The molecule has 4 N–H and O–H groups in total. The first kappa shape index (κ1) is 23.3. The van der Waals surface area contributed by atoms with Crippen molar-refractivity contribution in [3.8, 4) is 0 Å². The van der Waals surface area contributed by atoms with Crippen LogP contribution >= 0.6 is 0 Å². The van der Waals surface area contributed by atoms with Crippen LogP contribution in [0, 0.1) is 6.92 Å². The largest absolute Gasteiger partial charge is 0.416 e. The summed E-state index contributed by atoms with van der Waals surface area (Å²) in [6.07, 6.45) is -3.96. The predicted octanol–water partition coefficient (Wildman–Crippen LogP) is 1.66. The van der Waals surface area contributed by atoms with Crippen molar-refractivity contribution in [1.82, 2.24) is 0 Å². The van der Waals surface area contributed by atoms with Crippen molar-refractivity contribution >= 4 is 31.5 Å². The molecule has 0 aliphatic carbocycles. The van der Waals surface area contributed by atoms with E-state index in [-0.39, 0.29) is 11.1 Å². The van der Waals surface area contributed by atoms with Crippen LogP contribution < -0.4 is 11.5 Å². The van der Waals surface area contributed by atoms with Crippen LogP contribution in [0.1, 0.15) is 21.5 Å². The number of sulfone groups is 2. The quantitative estimate of drug-likeness (QED) is 0.517. The Morgan fingerprint density at radius 2 is 1.50 bits per heavy atom. The molecular weight excluding hydrogens is 447 g/mol. The Bertz CT molecular complexity index is 1250. The van der Waals surface area contributed by atoms with Gasteiger partial charge in [0.25, 0.3) is 5.91 Å². The fraction of sp³-hybridized carbons (Fsp3) is 0.176. The monoisotopic (exact) mass is 463 g/mol. The summed E-state index contributed by atoms with van der Waals surface area (Å²) in [5.74, 6) is -1.57. The molecule has 13 heteroatoms. The fourth-order valence-electron chi connectivity index (χ4n) is 2.52. The number of alkyl halides is 3. The average molecular weight is 463 g/mol. The van der Waals surface area contributed by atoms with Crippen molar-refractivity contribution in [3.05, 3.63) is 53.1 Å². The molecule has 30 heavy (non-hydrogen) atoms. The van der Waals surface area contributed by atoms with Crippen LogP contribution in [0.15, 0.2) is 56.1 Å². The summed E-state index contributed by atoms with van der Waals surface area (Å²) in [5, 5.41) is 0. The number of guanidine groups is 1. The lowest BCUT2D eigenvalue weighted by atomic mass is 10.1. The minimum absolute atomic E-state index is 0.0443. The van der Waals surface area contributed by atoms with Gasteiger partial charge in [-0.25, -0.2) is 16.8 Å². The number of halogens is 3. The third-order valence-corrected chi connectivity index (χ3v) is 7.01. The van der Waals surface area contributed by atoms with Crippen LogP contribution in [-0.2, 0) is 25.9 Å². The number of rotatable bonds is 4. The van der Waals surface area contributed by atoms with E-state index in [2.05, 4.69) is 4.99 Å². The summed E-state index contributed by atoms with van der Waals surface area (Å²) in [4.78, 5) is 13.5. The van der Waals surface area contributed by atoms with Gasteiger partial charge in [-0.3, -0.25) is 4.79 Å². The summed E-state index contributed by atoms with van der Waals surface area (Å²) >= 11 is 0. The number of benzene rings is 2. The lowest BCUT2D eigenvalue weighted by molar-refractivity contribution is -0.137. The molecule has 0 atom stereocenters. The molecule has 0 fully saturated rings. The van der Waals surface area contributed by atoms with Gasteiger partial charge >= 0.3 is 6.18 Å². The van der Waals surface area contributed by atoms with Gasteiger partial charge in [-0.15, -0.1) is 0 Å². The first-order chi connectivity index (χ1) is 13.5. The predicted molar refractivity (Wildman–Crippen MR) is 101 cm³/mol. The Morgan fingerprint density at radius 1 is 0.967 bits per heavy atom. The first-order valence-electron chi connectivity index (χ1n) is 7.96. The van der Waals surface area contributed by atoms with E-state index in [0.29, 0.717) is 12.1 Å². The number of hydrogen-bond donors (Lipinski definition) is 2. The van der Waals surface area contributed by atoms with E-state index in [1.165, 1.54) is 6.92 Å². The molecule has 162 valence electrons. The highest BCUT2D eigenvalue weighted by Gasteiger charge is 2.32. The molecule has 0 unspecified atom stereocenters. The van der Waals surface area contributed by atoms with Gasteiger partial charge in [0, 0.05) is 11.8 Å². The van der Waals surface area contributed by atoms with E-state index in [0.717, 1.165) is 30.5 Å². The Labute approximate surface area is 170 Å². The Morgan fingerprint density at radius 3 is 1.93 bits per heavy atom. The second-order valence-electron chi connectivity index (χ2n) is 6.25. The fourth-order valence-corrected chi connectivity index (χ4v) is 5.46. The minimum atomic E-state index is -4.68. The van der Waals surface area contributed by atoms with E-state index in [1.807, 2.05) is 0 Å². The molecule has 0 heterocycles. The number of nitrogens with two attached hydrogens (primary N) is 2. The number of aliphatic imine (C=N–C) groups is 1. The third kappa shape index (κ3) is 4.79. The summed E-state index contributed by atoms with van der Waals surface area (Å²) in [6.45, 7) is 1.33. The molecule has 0 saturated heterocycles. The van der Waals surface area contributed by atoms with Gasteiger partial charge in [0.1, 0.15) is 0 Å². The van der Waals surface area contributed by atoms with Crippen molar-refractivity contribution < 1.29 is 34.8 Å². The lowest BCUT2D eigenvalue weighted by Crippen LogP contribution is -2.24. The van der Waals surface area contributed by atoms with Gasteiger partial charge in [0.2, 0.25) is 9.84 Å². The zero-order valence-corrected chi connectivity index (χ0v) is 17.2. The van der Waals surface area contributed by atoms with Crippen LogP contribution in [0.5, 0.6) is 0 Å². The highest BCUT2D eigenvalue weighted by molar-refractivity contribution is 7.94. The SMILES string of the molecule is Cc1cc(S(=O)(=O)c2ccc(C(F)(F)F)cc2)c(S(C)(=O)=O)cc1C(=O)N=C(N)N. The summed E-state index contributed by atoms with van der Waals surface area (Å²) < 4.78 is 88.6. The van der Waals surface area contributed by atoms with E-state index in [9.17, 15) is 34.8 Å². The average Bonchev–Trinajstić information content (AvgIpc) is 2.59.